The zero-order valence-electron chi connectivity index (χ0n) is 9.58. The van der Waals surface area contributed by atoms with Crippen molar-refractivity contribution in [1.29, 1.82) is 0 Å². The summed E-state index contributed by atoms with van der Waals surface area (Å²) in [5.41, 5.74) is 1.41. The van der Waals surface area contributed by atoms with Gasteiger partial charge in [0.05, 0.1) is 0 Å². The Bertz CT molecular complexity index is 275. The van der Waals surface area contributed by atoms with Crippen LogP contribution in [0.3, 0.4) is 0 Å². The molecule has 1 N–H and O–H groups in total. The van der Waals surface area contributed by atoms with Crippen molar-refractivity contribution >= 4 is 0 Å². The number of rotatable bonds is 3. The Morgan fingerprint density at radius 2 is 1.73 bits per heavy atom. The van der Waals surface area contributed by atoms with Crippen LogP contribution in [-0.4, -0.2) is 6.04 Å². The maximum absolute atomic E-state index is 3.74. The van der Waals surface area contributed by atoms with Gasteiger partial charge in [-0.15, -0.1) is 0 Å². The third kappa shape index (κ3) is 3.07. The Labute approximate surface area is 92.9 Å². The minimum atomic E-state index is 0.495. The SMILES string of the molecule is C[C@H](NC1CCCCC1)c1ccccc1. The number of hydrogen-bond donors (Lipinski definition) is 1. The first kappa shape index (κ1) is 10.7. The third-order valence-corrected chi connectivity index (χ3v) is 3.39. The van der Waals surface area contributed by atoms with Crippen molar-refractivity contribution in [2.24, 2.45) is 0 Å². The molecule has 1 aromatic carbocycles. The summed E-state index contributed by atoms with van der Waals surface area (Å²) in [4.78, 5) is 0. The zero-order valence-corrected chi connectivity index (χ0v) is 9.58. The highest BCUT2D eigenvalue weighted by molar-refractivity contribution is 5.18. The Morgan fingerprint density at radius 3 is 2.40 bits per heavy atom. The van der Waals surface area contributed by atoms with Crippen LogP contribution in [0, 0.1) is 0 Å². The van der Waals surface area contributed by atoms with Crippen LogP contribution >= 0.6 is 0 Å². The lowest BCUT2D eigenvalue weighted by atomic mass is 9.94. The summed E-state index contributed by atoms with van der Waals surface area (Å²) in [7, 11) is 0. The van der Waals surface area contributed by atoms with Gasteiger partial charge in [0.25, 0.3) is 0 Å². The van der Waals surface area contributed by atoms with Crippen molar-refractivity contribution in [3.05, 3.63) is 35.9 Å². The van der Waals surface area contributed by atoms with Gasteiger partial charge in [-0.3, -0.25) is 0 Å². The summed E-state index contributed by atoms with van der Waals surface area (Å²) >= 11 is 0. The second-order valence-electron chi connectivity index (χ2n) is 4.63. The standard InChI is InChI=1S/C14H21N/c1-12(13-8-4-2-5-9-13)15-14-10-6-3-7-11-14/h2,4-5,8-9,12,14-15H,3,6-7,10-11H2,1H3/t12-/m0/s1. The van der Waals surface area contributed by atoms with Crippen LogP contribution in [-0.2, 0) is 0 Å². The average Bonchev–Trinajstić information content (AvgIpc) is 2.31. The number of hydrogen-bond acceptors (Lipinski definition) is 1. The highest BCUT2D eigenvalue weighted by Crippen LogP contribution is 2.21. The van der Waals surface area contributed by atoms with Gasteiger partial charge in [0.2, 0.25) is 0 Å². The minimum Gasteiger partial charge on any atom is -0.307 e. The van der Waals surface area contributed by atoms with Crippen molar-refractivity contribution in [2.45, 2.75) is 51.1 Å². The maximum Gasteiger partial charge on any atom is 0.0294 e. The molecule has 0 heterocycles. The summed E-state index contributed by atoms with van der Waals surface area (Å²) < 4.78 is 0. The molecule has 0 bridgehead atoms. The van der Waals surface area contributed by atoms with Gasteiger partial charge in [-0.05, 0) is 25.3 Å². The predicted molar refractivity (Wildman–Crippen MR) is 64.9 cm³/mol. The molecule has 0 aromatic heterocycles. The van der Waals surface area contributed by atoms with Gasteiger partial charge in [0.1, 0.15) is 0 Å². The van der Waals surface area contributed by atoms with Gasteiger partial charge in [0, 0.05) is 12.1 Å². The van der Waals surface area contributed by atoms with Crippen molar-refractivity contribution in [1.82, 2.24) is 5.32 Å². The smallest absolute Gasteiger partial charge is 0.0294 e. The van der Waals surface area contributed by atoms with E-state index in [2.05, 4.69) is 42.6 Å². The van der Waals surface area contributed by atoms with E-state index in [9.17, 15) is 0 Å². The highest BCUT2D eigenvalue weighted by Gasteiger charge is 2.15. The van der Waals surface area contributed by atoms with Gasteiger partial charge in [-0.1, -0.05) is 49.6 Å². The molecule has 1 aliphatic rings. The molecule has 1 aromatic rings. The van der Waals surface area contributed by atoms with E-state index in [0.29, 0.717) is 6.04 Å². The normalized spacial score (nSPS) is 20.1. The van der Waals surface area contributed by atoms with Crippen molar-refractivity contribution in [3.63, 3.8) is 0 Å². The number of nitrogens with one attached hydrogen (secondary N) is 1. The molecule has 0 saturated heterocycles. The molecule has 15 heavy (non-hydrogen) atoms. The lowest BCUT2D eigenvalue weighted by Gasteiger charge is -2.26. The molecular formula is C14H21N. The molecule has 1 saturated carbocycles. The Morgan fingerprint density at radius 1 is 1.07 bits per heavy atom. The van der Waals surface area contributed by atoms with Crippen LogP contribution in [0.1, 0.15) is 50.6 Å². The van der Waals surface area contributed by atoms with Gasteiger partial charge in [-0.2, -0.15) is 0 Å². The van der Waals surface area contributed by atoms with E-state index in [4.69, 9.17) is 0 Å². The summed E-state index contributed by atoms with van der Waals surface area (Å²) in [6, 6.07) is 12.0. The highest BCUT2D eigenvalue weighted by atomic mass is 14.9. The van der Waals surface area contributed by atoms with E-state index >= 15 is 0 Å². The van der Waals surface area contributed by atoms with Crippen LogP contribution in [0.25, 0.3) is 0 Å². The van der Waals surface area contributed by atoms with E-state index < -0.39 is 0 Å². The molecular weight excluding hydrogens is 182 g/mol. The molecule has 1 aliphatic carbocycles. The van der Waals surface area contributed by atoms with E-state index in [1.807, 2.05) is 0 Å². The quantitative estimate of drug-likeness (QED) is 0.790. The largest absolute Gasteiger partial charge is 0.307 e. The Kier molecular flexibility index (Phi) is 3.79. The summed E-state index contributed by atoms with van der Waals surface area (Å²) in [6.07, 6.45) is 6.95. The fraction of sp³-hybridized carbons (Fsp3) is 0.571. The molecule has 82 valence electrons. The molecule has 1 nitrogen and oxygen atoms in total. The first-order chi connectivity index (χ1) is 7.36. The molecule has 0 amide bonds. The minimum absolute atomic E-state index is 0.495. The summed E-state index contributed by atoms with van der Waals surface area (Å²) in [5, 5.41) is 3.74. The van der Waals surface area contributed by atoms with Gasteiger partial charge in [-0.25, -0.2) is 0 Å². The summed E-state index contributed by atoms with van der Waals surface area (Å²) in [6.45, 7) is 2.27. The fourth-order valence-electron chi connectivity index (χ4n) is 2.46. The first-order valence-corrected chi connectivity index (χ1v) is 6.17. The molecule has 0 unspecified atom stereocenters. The molecule has 1 atom stereocenters. The Balaban J connectivity index is 1.88. The topological polar surface area (TPSA) is 12.0 Å². The lowest BCUT2D eigenvalue weighted by molar-refractivity contribution is 0.347. The van der Waals surface area contributed by atoms with Gasteiger partial charge in [0.15, 0.2) is 0 Å². The van der Waals surface area contributed by atoms with E-state index in [-0.39, 0.29) is 0 Å². The van der Waals surface area contributed by atoms with Crippen molar-refractivity contribution < 1.29 is 0 Å². The van der Waals surface area contributed by atoms with E-state index in [1.165, 1.54) is 37.7 Å². The molecule has 2 rings (SSSR count). The monoisotopic (exact) mass is 203 g/mol. The second-order valence-corrected chi connectivity index (χ2v) is 4.63. The summed E-state index contributed by atoms with van der Waals surface area (Å²) in [5.74, 6) is 0. The van der Waals surface area contributed by atoms with Crippen LogP contribution in [0.4, 0.5) is 0 Å². The van der Waals surface area contributed by atoms with Crippen LogP contribution in [0.2, 0.25) is 0 Å². The zero-order chi connectivity index (χ0) is 10.5. The molecule has 1 heteroatoms. The van der Waals surface area contributed by atoms with Crippen LogP contribution in [0.5, 0.6) is 0 Å². The van der Waals surface area contributed by atoms with Crippen molar-refractivity contribution in [2.75, 3.05) is 0 Å². The lowest BCUT2D eigenvalue weighted by Crippen LogP contribution is -2.33. The Hall–Kier alpha value is -0.820. The fourth-order valence-corrected chi connectivity index (χ4v) is 2.46. The first-order valence-electron chi connectivity index (χ1n) is 6.17. The van der Waals surface area contributed by atoms with Gasteiger partial charge < -0.3 is 5.32 Å². The van der Waals surface area contributed by atoms with E-state index in [0.717, 1.165) is 6.04 Å². The molecule has 0 radical (unpaired) electrons. The second kappa shape index (κ2) is 5.32. The maximum atomic E-state index is 3.74. The predicted octanol–water partition coefficient (Wildman–Crippen LogP) is 3.67. The van der Waals surface area contributed by atoms with Crippen molar-refractivity contribution in [3.8, 4) is 0 Å². The average molecular weight is 203 g/mol. The van der Waals surface area contributed by atoms with Gasteiger partial charge >= 0.3 is 0 Å². The third-order valence-electron chi connectivity index (χ3n) is 3.39. The molecule has 0 aliphatic heterocycles. The van der Waals surface area contributed by atoms with Crippen LogP contribution in [0.15, 0.2) is 30.3 Å². The number of benzene rings is 1. The van der Waals surface area contributed by atoms with E-state index in [1.54, 1.807) is 0 Å². The molecule has 0 spiro atoms. The molecule has 1 fully saturated rings. The van der Waals surface area contributed by atoms with Crippen LogP contribution < -0.4 is 5.32 Å².